The highest BCUT2D eigenvalue weighted by Crippen LogP contribution is 2.50. The van der Waals surface area contributed by atoms with Gasteiger partial charge in [0.25, 0.3) is 0 Å². The number of aliphatic hydroxyl groups excluding tert-OH is 1. The molecule has 0 radical (unpaired) electrons. The standard InChI is InChI=1S/C21H12N3O6PS/c25-13-22-16-1-7-19(8-2-16)28-31(32,29-20-9-3-17(4-10-20)23-14-26)30-21-11-5-18(6-12-21)24-15-27/h1-12H/p+1. The average Bonchev–Trinajstić information content (AvgIpc) is 2.78. The number of hydrogen-bond donors (Lipinski definition) is 1. The summed E-state index contributed by atoms with van der Waals surface area (Å²) in [5.74, 6) is 1.00. The summed E-state index contributed by atoms with van der Waals surface area (Å²) in [4.78, 5) is 31.5. The quantitative estimate of drug-likeness (QED) is 0.197. The van der Waals surface area contributed by atoms with Crippen molar-refractivity contribution in [1.29, 1.82) is 0 Å². The molecule has 32 heavy (non-hydrogen) atoms. The van der Waals surface area contributed by atoms with Crippen LogP contribution < -0.4 is 13.6 Å². The molecule has 0 aliphatic heterocycles. The van der Waals surface area contributed by atoms with Gasteiger partial charge in [0, 0.05) is 28.8 Å². The van der Waals surface area contributed by atoms with Gasteiger partial charge in [0.2, 0.25) is 12.2 Å². The normalized spacial score (nSPS) is 11.4. The molecule has 0 fully saturated rings. The lowest BCUT2D eigenvalue weighted by Gasteiger charge is -2.23. The highest BCUT2D eigenvalue weighted by atomic mass is 32.5. The Bertz CT molecular complexity index is 1220. The van der Waals surface area contributed by atoms with Crippen LogP contribution >= 0.6 is 6.72 Å². The molecule has 0 saturated carbocycles. The van der Waals surface area contributed by atoms with Crippen LogP contribution in [0.4, 0.5) is 17.1 Å². The van der Waals surface area contributed by atoms with Crippen molar-refractivity contribution in [3.63, 3.8) is 0 Å². The smallest absolute Gasteiger partial charge is 0.408 e. The van der Waals surface area contributed by atoms with Gasteiger partial charge in [-0.1, -0.05) is 0 Å². The van der Waals surface area contributed by atoms with Crippen LogP contribution in [0.25, 0.3) is 4.85 Å². The van der Waals surface area contributed by atoms with Crippen LogP contribution in [0, 0.1) is 6.26 Å². The first kappa shape index (κ1) is 22.4. The van der Waals surface area contributed by atoms with Crippen LogP contribution in [0.3, 0.4) is 0 Å². The van der Waals surface area contributed by atoms with Crippen molar-refractivity contribution < 1.29 is 28.3 Å². The fraction of sp³-hybridized carbons (Fsp3) is 0. The largest absolute Gasteiger partial charge is 0.520 e. The molecule has 3 aromatic rings. The SMILES string of the molecule is O=C=Nc1ccc(OP(=S)(Oc2ccc(N=C=O)cc2)Oc2ccc([N+]#CO)cc2)cc1. The maximum Gasteiger partial charge on any atom is 0.520 e. The monoisotopic (exact) mass is 466 g/mol. The van der Waals surface area contributed by atoms with E-state index in [1.165, 1.54) is 12.2 Å². The number of rotatable bonds is 8. The maximum atomic E-state index is 10.4. The van der Waals surface area contributed by atoms with Gasteiger partial charge >= 0.3 is 18.7 Å². The molecular formula is C21H13N3O6PS+. The molecule has 3 rings (SSSR count). The first-order valence-corrected chi connectivity index (χ1v) is 11.3. The first-order chi connectivity index (χ1) is 15.5. The van der Waals surface area contributed by atoms with Gasteiger partial charge in [-0.25, -0.2) is 9.59 Å². The Kier molecular flexibility index (Phi) is 7.50. The number of aliphatic hydroxyl groups is 1. The van der Waals surface area contributed by atoms with Crippen molar-refractivity contribution in [2.24, 2.45) is 9.98 Å². The molecule has 0 heterocycles. The van der Waals surface area contributed by atoms with Crippen LogP contribution in [-0.2, 0) is 21.4 Å². The first-order valence-electron chi connectivity index (χ1n) is 8.78. The van der Waals surface area contributed by atoms with Gasteiger partial charge in [-0.05, 0) is 60.7 Å². The Balaban J connectivity index is 1.88. The van der Waals surface area contributed by atoms with E-state index in [9.17, 15) is 9.59 Å². The number of benzene rings is 3. The molecule has 1 N–H and O–H groups in total. The predicted octanol–water partition coefficient (Wildman–Crippen LogP) is 5.68. The lowest BCUT2D eigenvalue weighted by atomic mass is 10.3. The van der Waals surface area contributed by atoms with E-state index < -0.39 is 6.72 Å². The molecule has 0 aromatic heterocycles. The Morgan fingerprint density at radius 2 is 1.09 bits per heavy atom. The summed E-state index contributed by atoms with van der Waals surface area (Å²) >= 11 is 5.60. The van der Waals surface area contributed by atoms with Crippen LogP contribution in [0.15, 0.2) is 82.8 Å². The third kappa shape index (κ3) is 6.38. The van der Waals surface area contributed by atoms with Crippen molar-refractivity contribution >= 4 is 47.7 Å². The molecule has 3 aromatic carbocycles. The van der Waals surface area contributed by atoms with E-state index in [2.05, 4.69) is 14.8 Å². The zero-order chi connectivity index (χ0) is 22.8. The van der Waals surface area contributed by atoms with Gasteiger partial charge < -0.3 is 18.7 Å². The second-order valence-corrected chi connectivity index (χ2v) is 8.60. The minimum Gasteiger partial charge on any atom is -0.408 e. The summed E-state index contributed by atoms with van der Waals surface area (Å²) in [5, 5.41) is 8.66. The van der Waals surface area contributed by atoms with Gasteiger partial charge in [-0.3, -0.25) is 0 Å². The van der Waals surface area contributed by atoms with Gasteiger partial charge in [0.1, 0.15) is 17.2 Å². The van der Waals surface area contributed by atoms with E-state index in [-0.39, 0.29) is 0 Å². The molecule has 0 bridgehead atoms. The average molecular weight is 466 g/mol. The third-order valence-electron chi connectivity index (χ3n) is 3.69. The summed E-state index contributed by atoms with van der Waals surface area (Å²) in [6.45, 7) is -3.45. The van der Waals surface area contributed by atoms with Crippen molar-refractivity contribution in [2.45, 2.75) is 0 Å². The zero-order valence-corrected chi connectivity index (χ0v) is 17.8. The fourth-order valence-corrected chi connectivity index (χ4v) is 4.38. The molecule has 0 saturated heterocycles. The predicted molar refractivity (Wildman–Crippen MR) is 120 cm³/mol. The molecule has 11 heteroatoms. The van der Waals surface area contributed by atoms with Crippen LogP contribution in [0.1, 0.15) is 0 Å². The Labute approximate surface area is 187 Å². The second kappa shape index (κ2) is 10.7. The second-order valence-electron chi connectivity index (χ2n) is 5.82. The molecule has 0 atom stereocenters. The van der Waals surface area contributed by atoms with E-state index in [0.29, 0.717) is 34.3 Å². The minimum atomic E-state index is -3.45. The molecule has 158 valence electrons. The van der Waals surface area contributed by atoms with E-state index in [1.807, 2.05) is 0 Å². The molecule has 0 aliphatic carbocycles. The van der Waals surface area contributed by atoms with Crippen molar-refractivity contribution in [2.75, 3.05) is 0 Å². The van der Waals surface area contributed by atoms with Crippen molar-refractivity contribution in [3.05, 3.63) is 77.6 Å². The molecular weight excluding hydrogens is 453 g/mol. The van der Waals surface area contributed by atoms with E-state index in [0.717, 1.165) is 0 Å². The van der Waals surface area contributed by atoms with Crippen LogP contribution in [0.5, 0.6) is 17.2 Å². The Morgan fingerprint density at radius 1 is 0.719 bits per heavy atom. The summed E-state index contributed by atoms with van der Waals surface area (Å²) in [5.41, 5.74) is 1.24. The van der Waals surface area contributed by atoms with E-state index in [1.54, 1.807) is 79.1 Å². The fourth-order valence-electron chi connectivity index (χ4n) is 2.35. The topological polar surface area (TPSA) is 111 Å². The molecule has 0 unspecified atom stereocenters. The van der Waals surface area contributed by atoms with Gasteiger partial charge in [0.15, 0.2) is 0 Å². The third-order valence-corrected chi connectivity index (χ3v) is 5.66. The Morgan fingerprint density at radius 3 is 1.44 bits per heavy atom. The van der Waals surface area contributed by atoms with Crippen LogP contribution in [0.2, 0.25) is 0 Å². The number of hydrogen-bond acceptors (Lipinski definition) is 9. The van der Waals surface area contributed by atoms with Gasteiger partial charge in [-0.15, -0.1) is 0 Å². The van der Waals surface area contributed by atoms with E-state index in [4.69, 9.17) is 30.5 Å². The number of carbonyl (C=O) groups excluding carboxylic acids is 2. The van der Waals surface area contributed by atoms with Gasteiger partial charge in [-0.2, -0.15) is 9.98 Å². The number of isocyanates is 2. The summed E-state index contributed by atoms with van der Waals surface area (Å²) in [7, 11) is 0. The minimum absolute atomic E-state index is 0.330. The summed E-state index contributed by atoms with van der Waals surface area (Å²) in [6.07, 6.45) is 4.61. The number of aliphatic imine (C=N–C) groups is 2. The Hall–Kier alpha value is -4.24. The molecule has 0 aliphatic rings. The molecule has 9 nitrogen and oxygen atoms in total. The highest BCUT2D eigenvalue weighted by molar-refractivity contribution is 8.08. The summed E-state index contributed by atoms with van der Waals surface area (Å²) < 4.78 is 17.6. The lowest BCUT2D eigenvalue weighted by Crippen LogP contribution is -2.07. The lowest BCUT2D eigenvalue weighted by molar-refractivity contribution is 0.384. The van der Waals surface area contributed by atoms with Gasteiger partial charge in [0.05, 0.1) is 11.4 Å². The van der Waals surface area contributed by atoms with E-state index >= 15 is 0 Å². The molecule has 0 amide bonds. The maximum absolute atomic E-state index is 10.4. The highest BCUT2D eigenvalue weighted by Gasteiger charge is 2.27. The van der Waals surface area contributed by atoms with Crippen molar-refractivity contribution in [1.82, 2.24) is 0 Å². The zero-order valence-electron chi connectivity index (χ0n) is 16.1. The van der Waals surface area contributed by atoms with Crippen molar-refractivity contribution in [3.8, 4) is 23.5 Å². The summed E-state index contributed by atoms with van der Waals surface area (Å²) in [6, 6.07) is 18.7. The van der Waals surface area contributed by atoms with Crippen LogP contribution in [-0.4, -0.2) is 17.3 Å². The molecule has 0 spiro atoms. The number of nitrogens with zero attached hydrogens (tertiary/aromatic N) is 3.